The molecule has 0 radical (unpaired) electrons. The molecule has 0 saturated carbocycles. The van der Waals surface area contributed by atoms with Crippen molar-refractivity contribution in [2.45, 2.75) is 45.7 Å². The Labute approximate surface area is 105 Å². The van der Waals surface area contributed by atoms with E-state index < -0.39 is 11.7 Å². The number of hydrazine groups is 1. The number of alkyl halides is 3. The van der Waals surface area contributed by atoms with Gasteiger partial charge in [0.2, 0.25) is 0 Å². The zero-order valence-electron chi connectivity index (χ0n) is 10.9. The summed E-state index contributed by atoms with van der Waals surface area (Å²) >= 11 is 0. The molecule has 0 aromatic heterocycles. The molecule has 2 nitrogen and oxygen atoms in total. The average Bonchev–Trinajstić information content (AvgIpc) is 2.27. The molecule has 18 heavy (non-hydrogen) atoms. The Morgan fingerprint density at radius 2 is 1.89 bits per heavy atom. The van der Waals surface area contributed by atoms with Crippen LogP contribution in [-0.4, -0.2) is 0 Å². The van der Waals surface area contributed by atoms with Crippen molar-refractivity contribution < 1.29 is 13.2 Å². The van der Waals surface area contributed by atoms with Gasteiger partial charge in [0, 0.05) is 0 Å². The summed E-state index contributed by atoms with van der Waals surface area (Å²) in [7, 11) is 0. The van der Waals surface area contributed by atoms with Gasteiger partial charge in [0.25, 0.3) is 0 Å². The first-order chi connectivity index (χ1) is 8.31. The maximum atomic E-state index is 12.8. The summed E-state index contributed by atoms with van der Waals surface area (Å²) in [5.74, 6) is 5.37. The highest BCUT2D eigenvalue weighted by Gasteiger charge is 2.32. The molecule has 0 saturated heterocycles. The van der Waals surface area contributed by atoms with Crippen LogP contribution in [0.15, 0.2) is 12.1 Å². The predicted molar refractivity (Wildman–Crippen MR) is 67.3 cm³/mol. The molecule has 0 amide bonds. The lowest BCUT2D eigenvalue weighted by molar-refractivity contribution is -0.137. The van der Waals surface area contributed by atoms with Gasteiger partial charge in [-0.15, -0.1) is 0 Å². The highest BCUT2D eigenvalue weighted by molar-refractivity contribution is 5.57. The van der Waals surface area contributed by atoms with Crippen LogP contribution in [0.25, 0.3) is 0 Å². The summed E-state index contributed by atoms with van der Waals surface area (Å²) in [6.07, 6.45) is -2.77. The van der Waals surface area contributed by atoms with Gasteiger partial charge in [0.15, 0.2) is 0 Å². The lowest BCUT2D eigenvalue weighted by Crippen LogP contribution is -2.15. The Bertz CT molecular complexity index is 411. The van der Waals surface area contributed by atoms with E-state index in [1.807, 2.05) is 20.8 Å². The number of hydrogen-bond donors (Lipinski definition) is 2. The summed E-state index contributed by atoms with van der Waals surface area (Å²) in [5, 5.41) is 0. The van der Waals surface area contributed by atoms with Crippen LogP contribution in [0.4, 0.5) is 18.9 Å². The van der Waals surface area contributed by atoms with E-state index in [1.54, 1.807) is 0 Å². The number of rotatable bonds is 4. The largest absolute Gasteiger partial charge is 0.416 e. The number of nitrogen functional groups attached to an aromatic ring is 1. The van der Waals surface area contributed by atoms with Crippen LogP contribution in [0.2, 0.25) is 0 Å². The van der Waals surface area contributed by atoms with E-state index in [0.717, 1.165) is 18.1 Å². The number of benzene rings is 1. The van der Waals surface area contributed by atoms with Crippen molar-refractivity contribution in [2.75, 3.05) is 5.43 Å². The van der Waals surface area contributed by atoms with E-state index in [-0.39, 0.29) is 5.92 Å². The lowest BCUT2D eigenvalue weighted by atomic mass is 9.91. The molecule has 0 spiro atoms. The van der Waals surface area contributed by atoms with Crippen LogP contribution in [0.1, 0.15) is 49.8 Å². The topological polar surface area (TPSA) is 38.0 Å². The Hall–Kier alpha value is -1.23. The minimum atomic E-state index is -4.35. The van der Waals surface area contributed by atoms with Gasteiger partial charge >= 0.3 is 6.18 Å². The molecule has 102 valence electrons. The molecule has 0 aliphatic heterocycles. The van der Waals surface area contributed by atoms with Crippen LogP contribution >= 0.6 is 0 Å². The SMILES string of the molecule is CCCc1c(NN)cc(C(F)(F)F)cc1C(C)C. The summed E-state index contributed by atoms with van der Waals surface area (Å²) in [5.41, 5.74) is 3.69. The van der Waals surface area contributed by atoms with Crippen LogP contribution in [0.3, 0.4) is 0 Å². The first-order valence-electron chi connectivity index (χ1n) is 6.01. The number of nitrogens with one attached hydrogen (secondary N) is 1. The highest BCUT2D eigenvalue weighted by Crippen LogP contribution is 2.36. The van der Waals surface area contributed by atoms with Crippen molar-refractivity contribution in [1.29, 1.82) is 0 Å². The van der Waals surface area contributed by atoms with Gasteiger partial charge in [-0.25, -0.2) is 0 Å². The summed E-state index contributed by atoms with van der Waals surface area (Å²) < 4.78 is 38.4. The molecule has 3 N–H and O–H groups in total. The second-order valence-corrected chi connectivity index (χ2v) is 4.64. The molecule has 0 aliphatic carbocycles. The minimum Gasteiger partial charge on any atom is -0.324 e. The predicted octanol–water partition coefficient (Wildman–Crippen LogP) is 4.07. The van der Waals surface area contributed by atoms with Gasteiger partial charge in [0.05, 0.1) is 11.3 Å². The summed E-state index contributed by atoms with van der Waals surface area (Å²) in [4.78, 5) is 0. The highest BCUT2D eigenvalue weighted by atomic mass is 19.4. The van der Waals surface area contributed by atoms with Crippen molar-refractivity contribution in [3.8, 4) is 0 Å². The molecule has 5 heteroatoms. The molecule has 0 fully saturated rings. The lowest BCUT2D eigenvalue weighted by Gasteiger charge is -2.20. The normalized spacial score (nSPS) is 12.0. The van der Waals surface area contributed by atoms with E-state index >= 15 is 0 Å². The number of hydrogen-bond acceptors (Lipinski definition) is 2. The molecule has 0 heterocycles. The Morgan fingerprint density at radius 1 is 1.28 bits per heavy atom. The van der Waals surface area contributed by atoms with Crippen molar-refractivity contribution in [2.24, 2.45) is 5.84 Å². The van der Waals surface area contributed by atoms with Crippen molar-refractivity contribution in [1.82, 2.24) is 0 Å². The zero-order chi connectivity index (χ0) is 13.9. The van der Waals surface area contributed by atoms with Gasteiger partial charge in [-0.2, -0.15) is 13.2 Å². The van der Waals surface area contributed by atoms with Crippen LogP contribution in [-0.2, 0) is 12.6 Å². The minimum absolute atomic E-state index is 0.0287. The van der Waals surface area contributed by atoms with Crippen LogP contribution < -0.4 is 11.3 Å². The van der Waals surface area contributed by atoms with Crippen molar-refractivity contribution >= 4 is 5.69 Å². The fourth-order valence-electron chi connectivity index (χ4n) is 2.03. The third kappa shape index (κ3) is 3.16. The first-order valence-corrected chi connectivity index (χ1v) is 6.01. The quantitative estimate of drug-likeness (QED) is 0.632. The second kappa shape index (κ2) is 5.61. The van der Waals surface area contributed by atoms with Gasteiger partial charge in [-0.1, -0.05) is 27.2 Å². The molecular weight excluding hydrogens is 241 g/mol. The molecule has 0 atom stereocenters. The molecule has 0 unspecified atom stereocenters. The first kappa shape index (κ1) is 14.8. The molecule has 1 aromatic rings. The maximum absolute atomic E-state index is 12.8. The third-order valence-electron chi connectivity index (χ3n) is 2.89. The summed E-state index contributed by atoms with van der Waals surface area (Å²) in [6, 6.07) is 2.31. The molecule has 1 aromatic carbocycles. The Morgan fingerprint density at radius 3 is 2.28 bits per heavy atom. The summed E-state index contributed by atoms with van der Waals surface area (Å²) in [6.45, 7) is 5.76. The van der Waals surface area contributed by atoms with E-state index in [2.05, 4.69) is 5.43 Å². The number of halogens is 3. The number of nitrogens with two attached hydrogens (primary N) is 1. The van der Waals surface area contributed by atoms with Gasteiger partial charge in [-0.3, -0.25) is 5.84 Å². The van der Waals surface area contributed by atoms with Crippen LogP contribution in [0.5, 0.6) is 0 Å². The van der Waals surface area contributed by atoms with Crippen molar-refractivity contribution in [3.05, 3.63) is 28.8 Å². The zero-order valence-corrected chi connectivity index (χ0v) is 10.9. The van der Waals surface area contributed by atoms with Crippen LogP contribution in [0, 0.1) is 0 Å². The Balaban J connectivity index is 3.43. The van der Waals surface area contributed by atoms with Crippen molar-refractivity contribution in [3.63, 3.8) is 0 Å². The Kier molecular flexibility index (Phi) is 4.62. The molecular formula is C13H19F3N2. The molecule has 1 rings (SSSR count). The van der Waals surface area contributed by atoms with Gasteiger partial charge in [0.1, 0.15) is 0 Å². The third-order valence-corrected chi connectivity index (χ3v) is 2.89. The standard InChI is InChI=1S/C13H19F3N2/c1-4-5-10-11(8(2)3)6-9(13(14,15)16)7-12(10)18-17/h6-8,18H,4-5,17H2,1-3H3. The van der Waals surface area contributed by atoms with E-state index in [0.29, 0.717) is 17.7 Å². The molecule has 0 aliphatic rings. The fourth-order valence-corrected chi connectivity index (χ4v) is 2.03. The second-order valence-electron chi connectivity index (χ2n) is 4.64. The monoisotopic (exact) mass is 260 g/mol. The van der Waals surface area contributed by atoms with E-state index in [9.17, 15) is 13.2 Å². The van der Waals surface area contributed by atoms with E-state index in [4.69, 9.17) is 5.84 Å². The fraction of sp³-hybridized carbons (Fsp3) is 0.538. The average molecular weight is 260 g/mol. The molecule has 0 bridgehead atoms. The maximum Gasteiger partial charge on any atom is 0.416 e. The van der Waals surface area contributed by atoms with Gasteiger partial charge < -0.3 is 5.43 Å². The van der Waals surface area contributed by atoms with E-state index in [1.165, 1.54) is 6.07 Å². The smallest absolute Gasteiger partial charge is 0.324 e. The van der Waals surface area contributed by atoms with Gasteiger partial charge in [-0.05, 0) is 35.6 Å². The number of anilines is 1.